The predicted molar refractivity (Wildman–Crippen MR) is 82.6 cm³/mol. The van der Waals surface area contributed by atoms with Crippen LogP contribution in [-0.2, 0) is 4.74 Å². The Morgan fingerprint density at radius 3 is 2.65 bits per heavy atom. The van der Waals surface area contributed by atoms with Crippen LogP contribution in [0.5, 0.6) is 0 Å². The maximum Gasteiger partial charge on any atom is 0.108 e. The monoisotopic (exact) mass is 281 g/mol. The summed E-state index contributed by atoms with van der Waals surface area (Å²) in [5, 5.41) is 13.2. The number of methoxy groups -OCH3 is 1. The summed E-state index contributed by atoms with van der Waals surface area (Å²) in [6.45, 7) is 10.4. The van der Waals surface area contributed by atoms with Crippen LogP contribution in [0.4, 0.5) is 0 Å². The van der Waals surface area contributed by atoms with Crippen molar-refractivity contribution in [1.29, 1.82) is 5.26 Å². The van der Waals surface area contributed by atoms with Gasteiger partial charge in [0.2, 0.25) is 0 Å². The van der Waals surface area contributed by atoms with Gasteiger partial charge in [0, 0.05) is 25.2 Å². The van der Waals surface area contributed by atoms with Gasteiger partial charge in [0.25, 0.3) is 0 Å². The maximum absolute atomic E-state index is 9.65. The zero-order valence-electron chi connectivity index (χ0n) is 13.8. The van der Waals surface area contributed by atoms with Gasteiger partial charge in [0.15, 0.2) is 0 Å². The Morgan fingerprint density at radius 2 is 2.15 bits per heavy atom. The molecule has 1 aliphatic rings. The van der Waals surface area contributed by atoms with Gasteiger partial charge in [-0.2, -0.15) is 5.26 Å². The molecule has 1 fully saturated rings. The minimum absolute atomic E-state index is 0.347. The molecular formula is C16H31N3O. The summed E-state index contributed by atoms with van der Waals surface area (Å²) in [7, 11) is 1.76. The predicted octanol–water partition coefficient (Wildman–Crippen LogP) is 2.55. The fourth-order valence-corrected chi connectivity index (χ4v) is 3.61. The molecule has 0 aromatic heterocycles. The highest BCUT2D eigenvalue weighted by Gasteiger charge is 2.39. The third-order valence-corrected chi connectivity index (χ3v) is 4.31. The van der Waals surface area contributed by atoms with Crippen LogP contribution >= 0.6 is 0 Å². The van der Waals surface area contributed by atoms with E-state index >= 15 is 0 Å². The summed E-state index contributed by atoms with van der Waals surface area (Å²) >= 11 is 0. The molecule has 1 aliphatic carbocycles. The Morgan fingerprint density at radius 1 is 1.45 bits per heavy atom. The molecule has 0 heterocycles. The molecule has 3 atom stereocenters. The SMILES string of the molecule is CCN(C(C)COC)C1CCCC(C#N)(NC(C)C)C1. The number of hydrogen-bond acceptors (Lipinski definition) is 4. The first-order chi connectivity index (χ1) is 9.48. The van der Waals surface area contributed by atoms with Gasteiger partial charge in [0.05, 0.1) is 12.7 Å². The van der Waals surface area contributed by atoms with E-state index in [2.05, 4.69) is 44.0 Å². The topological polar surface area (TPSA) is 48.3 Å². The Hall–Kier alpha value is -0.630. The normalized spacial score (nSPS) is 28.6. The van der Waals surface area contributed by atoms with Crippen LogP contribution in [0.25, 0.3) is 0 Å². The van der Waals surface area contributed by atoms with Crippen LogP contribution in [0.1, 0.15) is 53.4 Å². The molecule has 0 amide bonds. The van der Waals surface area contributed by atoms with Crippen LogP contribution in [0.2, 0.25) is 0 Å². The number of nitrogens with zero attached hydrogens (tertiary/aromatic N) is 2. The van der Waals surface area contributed by atoms with Crippen molar-refractivity contribution in [3.8, 4) is 6.07 Å². The van der Waals surface area contributed by atoms with E-state index in [4.69, 9.17) is 4.74 Å². The fraction of sp³-hybridized carbons (Fsp3) is 0.938. The number of nitrogens with one attached hydrogen (secondary N) is 1. The van der Waals surface area contributed by atoms with Crippen LogP contribution in [0.15, 0.2) is 0 Å². The van der Waals surface area contributed by atoms with E-state index in [1.165, 1.54) is 6.42 Å². The summed E-state index contributed by atoms with van der Waals surface area (Å²) in [5.74, 6) is 0. The van der Waals surface area contributed by atoms with Gasteiger partial charge in [-0.15, -0.1) is 0 Å². The summed E-state index contributed by atoms with van der Waals surface area (Å²) in [6, 6.07) is 3.79. The van der Waals surface area contributed by atoms with E-state index in [0.717, 1.165) is 32.4 Å². The van der Waals surface area contributed by atoms with Crippen LogP contribution < -0.4 is 5.32 Å². The molecule has 0 bridgehead atoms. The van der Waals surface area contributed by atoms with E-state index in [1.807, 2.05) is 0 Å². The molecule has 116 valence electrons. The highest BCUT2D eigenvalue weighted by molar-refractivity contribution is 5.12. The number of nitriles is 1. The molecule has 0 aliphatic heterocycles. The molecule has 0 spiro atoms. The van der Waals surface area contributed by atoms with Gasteiger partial charge < -0.3 is 4.74 Å². The average molecular weight is 281 g/mol. The Labute approximate surface area is 124 Å². The first-order valence-corrected chi connectivity index (χ1v) is 7.91. The summed E-state index contributed by atoms with van der Waals surface area (Å²) < 4.78 is 5.30. The lowest BCUT2D eigenvalue weighted by molar-refractivity contribution is 0.0451. The molecule has 0 aromatic carbocycles. The van der Waals surface area contributed by atoms with E-state index < -0.39 is 0 Å². The third kappa shape index (κ3) is 4.44. The zero-order valence-corrected chi connectivity index (χ0v) is 13.8. The molecule has 1 N–H and O–H groups in total. The summed E-state index contributed by atoms with van der Waals surface area (Å²) in [6.07, 6.45) is 4.19. The molecule has 1 rings (SSSR count). The fourth-order valence-electron chi connectivity index (χ4n) is 3.61. The molecular weight excluding hydrogens is 250 g/mol. The molecule has 4 nitrogen and oxygen atoms in total. The largest absolute Gasteiger partial charge is 0.383 e. The van der Waals surface area contributed by atoms with Crippen molar-refractivity contribution >= 4 is 0 Å². The van der Waals surface area contributed by atoms with Gasteiger partial charge in [-0.25, -0.2) is 0 Å². The van der Waals surface area contributed by atoms with Gasteiger partial charge in [0.1, 0.15) is 5.54 Å². The lowest BCUT2D eigenvalue weighted by Gasteiger charge is -2.44. The van der Waals surface area contributed by atoms with Crippen molar-refractivity contribution in [2.24, 2.45) is 0 Å². The molecule has 3 unspecified atom stereocenters. The van der Waals surface area contributed by atoms with Crippen molar-refractivity contribution < 1.29 is 4.74 Å². The first kappa shape index (κ1) is 17.4. The Balaban J connectivity index is 2.78. The van der Waals surface area contributed by atoms with Gasteiger partial charge in [-0.1, -0.05) is 6.92 Å². The second-order valence-electron chi connectivity index (χ2n) is 6.38. The van der Waals surface area contributed by atoms with Gasteiger partial charge in [-0.3, -0.25) is 10.2 Å². The second-order valence-corrected chi connectivity index (χ2v) is 6.38. The van der Waals surface area contributed by atoms with E-state index in [9.17, 15) is 5.26 Å². The highest BCUT2D eigenvalue weighted by atomic mass is 16.5. The van der Waals surface area contributed by atoms with E-state index in [1.54, 1.807) is 7.11 Å². The quantitative estimate of drug-likeness (QED) is 0.779. The molecule has 0 saturated heterocycles. The van der Waals surface area contributed by atoms with Crippen molar-refractivity contribution in [3.63, 3.8) is 0 Å². The van der Waals surface area contributed by atoms with Crippen molar-refractivity contribution in [3.05, 3.63) is 0 Å². The lowest BCUT2D eigenvalue weighted by atomic mass is 9.78. The summed E-state index contributed by atoms with van der Waals surface area (Å²) in [5.41, 5.74) is -0.350. The minimum atomic E-state index is -0.350. The van der Waals surface area contributed by atoms with Gasteiger partial charge >= 0.3 is 0 Å². The standard InChI is InChI=1S/C16H31N3O/c1-6-19(14(4)11-20-5)15-8-7-9-16(10-15,12-17)18-13(2)3/h13-15,18H,6-11H2,1-5H3. The molecule has 0 radical (unpaired) electrons. The first-order valence-electron chi connectivity index (χ1n) is 7.91. The molecule has 1 saturated carbocycles. The molecule has 0 aromatic rings. The van der Waals surface area contributed by atoms with Crippen molar-refractivity contribution in [1.82, 2.24) is 10.2 Å². The smallest absolute Gasteiger partial charge is 0.108 e. The van der Waals surface area contributed by atoms with Gasteiger partial charge in [-0.05, 0) is 53.0 Å². The maximum atomic E-state index is 9.65. The average Bonchev–Trinajstić information content (AvgIpc) is 2.39. The second kappa shape index (κ2) is 7.97. The molecule has 20 heavy (non-hydrogen) atoms. The van der Waals surface area contributed by atoms with Crippen molar-refractivity contribution in [2.45, 2.75) is 77.0 Å². The Kier molecular flexibility index (Phi) is 6.94. The Bertz CT molecular complexity index is 326. The number of rotatable bonds is 7. The zero-order chi connectivity index (χ0) is 15.2. The van der Waals surface area contributed by atoms with E-state index in [0.29, 0.717) is 18.1 Å². The van der Waals surface area contributed by atoms with Crippen molar-refractivity contribution in [2.75, 3.05) is 20.3 Å². The van der Waals surface area contributed by atoms with Crippen LogP contribution in [0, 0.1) is 11.3 Å². The summed E-state index contributed by atoms with van der Waals surface area (Å²) in [4.78, 5) is 2.50. The number of likely N-dealkylation sites (N-methyl/N-ethyl adjacent to an activating group) is 1. The number of ether oxygens (including phenoxy) is 1. The number of hydrogen-bond donors (Lipinski definition) is 1. The molecule has 4 heteroatoms. The third-order valence-electron chi connectivity index (χ3n) is 4.31. The highest BCUT2D eigenvalue weighted by Crippen LogP contribution is 2.32. The minimum Gasteiger partial charge on any atom is -0.383 e. The van der Waals surface area contributed by atoms with Crippen LogP contribution in [0.3, 0.4) is 0 Å². The lowest BCUT2D eigenvalue weighted by Crippen LogP contribution is -2.56. The van der Waals surface area contributed by atoms with E-state index in [-0.39, 0.29) is 5.54 Å². The van der Waals surface area contributed by atoms with Crippen LogP contribution in [-0.4, -0.2) is 48.8 Å².